The molecule has 1 aliphatic heterocycles. The van der Waals surface area contributed by atoms with Gasteiger partial charge in [0.25, 0.3) is 0 Å². The molecule has 0 aliphatic carbocycles. The summed E-state index contributed by atoms with van der Waals surface area (Å²) in [6.07, 6.45) is 0. The third-order valence-electron chi connectivity index (χ3n) is 3.54. The molecule has 1 aromatic rings. The number of hydrogen-bond donors (Lipinski definition) is 0. The normalized spacial score (nSPS) is 19.6. The SMILES string of the molecule is COCCN1CC(=O)N(Cc2ccccc2)[C@@H](C)C1=O. The van der Waals surface area contributed by atoms with E-state index in [-0.39, 0.29) is 18.4 Å². The molecule has 0 unspecified atom stereocenters. The molecule has 0 saturated carbocycles. The second kappa shape index (κ2) is 6.52. The first-order valence-corrected chi connectivity index (χ1v) is 6.74. The van der Waals surface area contributed by atoms with Gasteiger partial charge in [-0.15, -0.1) is 0 Å². The fourth-order valence-electron chi connectivity index (χ4n) is 2.34. The molecule has 2 rings (SSSR count). The number of carbonyl (C=O) groups is 2. The standard InChI is InChI=1S/C15H20N2O3/c1-12-15(19)16(8-9-20-2)11-14(18)17(12)10-13-6-4-3-5-7-13/h3-7,12H,8-11H2,1-2H3/t12-/m0/s1. The van der Waals surface area contributed by atoms with Gasteiger partial charge in [-0.1, -0.05) is 30.3 Å². The van der Waals surface area contributed by atoms with Crippen LogP contribution in [0.1, 0.15) is 12.5 Å². The molecule has 0 N–H and O–H groups in total. The van der Waals surface area contributed by atoms with E-state index in [1.54, 1.807) is 23.8 Å². The summed E-state index contributed by atoms with van der Waals surface area (Å²) in [6, 6.07) is 9.29. The molecule has 5 heteroatoms. The van der Waals surface area contributed by atoms with Gasteiger partial charge in [0.2, 0.25) is 11.8 Å². The molecule has 0 spiro atoms. The molecular weight excluding hydrogens is 256 g/mol. The van der Waals surface area contributed by atoms with E-state index in [1.165, 1.54) is 0 Å². The Morgan fingerprint density at radius 1 is 1.25 bits per heavy atom. The van der Waals surface area contributed by atoms with Crippen molar-refractivity contribution in [3.63, 3.8) is 0 Å². The summed E-state index contributed by atoms with van der Waals surface area (Å²) >= 11 is 0. The van der Waals surface area contributed by atoms with Gasteiger partial charge in [-0.2, -0.15) is 0 Å². The first kappa shape index (κ1) is 14.5. The van der Waals surface area contributed by atoms with Crippen LogP contribution in [-0.2, 0) is 20.9 Å². The van der Waals surface area contributed by atoms with Crippen molar-refractivity contribution in [1.29, 1.82) is 0 Å². The first-order chi connectivity index (χ1) is 9.63. The average molecular weight is 276 g/mol. The number of amides is 2. The van der Waals surface area contributed by atoms with Crippen LogP contribution in [0.3, 0.4) is 0 Å². The van der Waals surface area contributed by atoms with Crippen molar-refractivity contribution in [3.8, 4) is 0 Å². The molecule has 1 fully saturated rings. The molecule has 1 saturated heterocycles. The minimum Gasteiger partial charge on any atom is -0.383 e. The van der Waals surface area contributed by atoms with E-state index in [1.807, 2.05) is 30.3 Å². The molecule has 2 amide bonds. The lowest BCUT2D eigenvalue weighted by atomic mass is 10.1. The zero-order valence-corrected chi connectivity index (χ0v) is 11.9. The third-order valence-corrected chi connectivity index (χ3v) is 3.54. The van der Waals surface area contributed by atoms with Gasteiger partial charge in [0.05, 0.1) is 13.2 Å². The largest absolute Gasteiger partial charge is 0.383 e. The van der Waals surface area contributed by atoms with Gasteiger partial charge < -0.3 is 14.5 Å². The number of ether oxygens (including phenoxy) is 1. The molecule has 20 heavy (non-hydrogen) atoms. The third kappa shape index (κ3) is 3.17. The highest BCUT2D eigenvalue weighted by atomic mass is 16.5. The number of nitrogens with zero attached hydrogens (tertiary/aromatic N) is 2. The van der Waals surface area contributed by atoms with Gasteiger partial charge in [-0.3, -0.25) is 9.59 Å². The van der Waals surface area contributed by atoms with Gasteiger partial charge in [0, 0.05) is 20.2 Å². The van der Waals surface area contributed by atoms with E-state index in [2.05, 4.69) is 0 Å². The van der Waals surface area contributed by atoms with E-state index in [0.29, 0.717) is 19.7 Å². The predicted octanol–water partition coefficient (Wildman–Crippen LogP) is 0.892. The summed E-state index contributed by atoms with van der Waals surface area (Å²) in [5, 5.41) is 0. The molecule has 1 aliphatic rings. The quantitative estimate of drug-likeness (QED) is 0.802. The van der Waals surface area contributed by atoms with E-state index < -0.39 is 6.04 Å². The molecule has 1 heterocycles. The van der Waals surface area contributed by atoms with Crippen molar-refractivity contribution in [2.45, 2.75) is 19.5 Å². The van der Waals surface area contributed by atoms with E-state index in [9.17, 15) is 9.59 Å². The maximum Gasteiger partial charge on any atom is 0.245 e. The van der Waals surface area contributed by atoms with Crippen LogP contribution >= 0.6 is 0 Å². The summed E-state index contributed by atoms with van der Waals surface area (Å²) in [4.78, 5) is 27.7. The summed E-state index contributed by atoms with van der Waals surface area (Å²) < 4.78 is 4.97. The number of hydrogen-bond acceptors (Lipinski definition) is 3. The number of benzene rings is 1. The topological polar surface area (TPSA) is 49.9 Å². The minimum absolute atomic E-state index is 0.0161. The van der Waals surface area contributed by atoms with E-state index in [0.717, 1.165) is 5.56 Å². The zero-order valence-electron chi connectivity index (χ0n) is 11.9. The first-order valence-electron chi connectivity index (χ1n) is 6.74. The Morgan fingerprint density at radius 3 is 2.60 bits per heavy atom. The second-order valence-electron chi connectivity index (χ2n) is 4.94. The highest BCUT2D eigenvalue weighted by molar-refractivity contribution is 5.94. The maximum atomic E-state index is 12.3. The number of rotatable bonds is 5. The Morgan fingerprint density at radius 2 is 1.95 bits per heavy atom. The lowest BCUT2D eigenvalue weighted by molar-refractivity contribution is -0.156. The monoisotopic (exact) mass is 276 g/mol. The smallest absolute Gasteiger partial charge is 0.245 e. The number of methoxy groups -OCH3 is 1. The van der Waals surface area contributed by atoms with Crippen LogP contribution in [0.2, 0.25) is 0 Å². The van der Waals surface area contributed by atoms with Crippen LogP contribution in [-0.4, -0.2) is 54.5 Å². The van der Waals surface area contributed by atoms with Crippen LogP contribution < -0.4 is 0 Å². The summed E-state index contributed by atoms with van der Waals surface area (Å²) in [7, 11) is 1.58. The second-order valence-corrected chi connectivity index (χ2v) is 4.94. The Hall–Kier alpha value is -1.88. The predicted molar refractivity (Wildman–Crippen MR) is 74.9 cm³/mol. The fraction of sp³-hybridized carbons (Fsp3) is 0.467. The van der Waals surface area contributed by atoms with Crippen LogP contribution in [0.5, 0.6) is 0 Å². The number of carbonyl (C=O) groups excluding carboxylic acids is 2. The van der Waals surface area contributed by atoms with Crippen molar-refractivity contribution in [3.05, 3.63) is 35.9 Å². The zero-order chi connectivity index (χ0) is 14.5. The van der Waals surface area contributed by atoms with Crippen molar-refractivity contribution in [1.82, 2.24) is 9.80 Å². The average Bonchev–Trinajstić information content (AvgIpc) is 2.47. The minimum atomic E-state index is -0.423. The Kier molecular flexibility index (Phi) is 4.74. The molecular formula is C15H20N2O3. The lowest BCUT2D eigenvalue weighted by Gasteiger charge is -2.38. The molecule has 108 valence electrons. The van der Waals surface area contributed by atoms with Crippen LogP contribution in [0.25, 0.3) is 0 Å². The molecule has 0 bridgehead atoms. The van der Waals surface area contributed by atoms with E-state index >= 15 is 0 Å². The van der Waals surface area contributed by atoms with Crippen molar-refractivity contribution < 1.29 is 14.3 Å². The molecule has 1 atom stereocenters. The number of piperazine rings is 1. The summed E-state index contributed by atoms with van der Waals surface area (Å²) in [5.41, 5.74) is 1.03. The lowest BCUT2D eigenvalue weighted by Crippen LogP contribution is -2.58. The molecule has 5 nitrogen and oxygen atoms in total. The molecule has 1 aromatic carbocycles. The summed E-state index contributed by atoms with van der Waals surface area (Å²) in [6.45, 7) is 3.31. The van der Waals surface area contributed by atoms with Gasteiger partial charge in [0.1, 0.15) is 6.04 Å². The fourth-order valence-corrected chi connectivity index (χ4v) is 2.34. The Bertz CT molecular complexity index is 475. The van der Waals surface area contributed by atoms with Crippen molar-refractivity contribution in [2.75, 3.05) is 26.8 Å². The Balaban J connectivity index is 2.05. The van der Waals surface area contributed by atoms with Gasteiger partial charge >= 0.3 is 0 Å². The van der Waals surface area contributed by atoms with Gasteiger partial charge in [0.15, 0.2) is 0 Å². The molecule has 0 aromatic heterocycles. The molecule has 0 radical (unpaired) electrons. The highest BCUT2D eigenvalue weighted by Crippen LogP contribution is 2.16. The van der Waals surface area contributed by atoms with Gasteiger partial charge in [-0.05, 0) is 12.5 Å². The van der Waals surface area contributed by atoms with Crippen LogP contribution in [0.15, 0.2) is 30.3 Å². The van der Waals surface area contributed by atoms with Gasteiger partial charge in [-0.25, -0.2) is 0 Å². The summed E-state index contributed by atoms with van der Waals surface area (Å²) in [5.74, 6) is -0.0327. The van der Waals surface area contributed by atoms with Crippen molar-refractivity contribution >= 4 is 11.8 Å². The Labute approximate surface area is 119 Å². The van der Waals surface area contributed by atoms with Crippen LogP contribution in [0, 0.1) is 0 Å². The maximum absolute atomic E-state index is 12.3. The van der Waals surface area contributed by atoms with E-state index in [4.69, 9.17) is 4.74 Å². The van der Waals surface area contributed by atoms with Crippen molar-refractivity contribution in [2.24, 2.45) is 0 Å². The van der Waals surface area contributed by atoms with Crippen LogP contribution in [0.4, 0.5) is 0 Å². The highest BCUT2D eigenvalue weighted by Gasteiger charge is 2.35.